The van der Waals surface area contributed by atoms with Gasteiger partial charge in [-0.25, -0.2) is 23.9 Å². The molecule has 3 aromatic heterocycles. The molecule has 0 unspecified atom stereocenters. The summed E-state index contributed by atoms with van der Waals surface area (Å²) in [7, 11) is 0. The molecule has 0 aliphatic heterocycles. The van der Waals surface area contributed by atoms with Crippen molar-refractivity contribution in [2.24, 2.45) is 0 Å². The lowest BCUT2D eigenvalue weighted by molar-refractivity contribution is -0.119. The Morgan fingerprint density at radius 3 is 2.68 bits per heavy atom. The summed E-state index contributed by atoms with van der Waals surface area (Å²) in [5.41, 5.74) is 0.683. The Balaban J connectivity index is 2.09. The molecule has 0 bridgehead atoms. The summed E-state index contributed by atoms with van der Waals surface area (Å²) in [5, 5.41) is 12.5. The molecule has 0 fully saturated rings. The van der Waals surface area contributed by atoms with Crippen molar-refractivity contribution in [2.75, 3.05) is 5.32 Å². The number of rotatable bonds is 4. The molecule has 0 radical (unpaired) electrons. The molecule has 3 aromatic rings. The van der Waals surface area contributed by atoms with Gasteiger partial charge in [0.25, 0.3) is 0 Å². The number of fused-ring (bicyclic) bond motifs is 1. The summed E-state index contributed by atoms with van der Waals surface area (Å²) in [5.74, 6) is -0.283. The molecule has 0 atom stereocenters. The average Bonchev–Trinajstić information content (AvgIpc) is 2.83. The summed E-state index contributed by atoms with van der Waals surface area (Å²) in [6.07, 6.45) is 0.985. The Morgan fingerprint density at radius 2 is 2.04 bits per heavy atom. The van der Waals surface area contributed by atoms with Gasteiger partial charge in [-0.05, 0) is 45.0 Å². The zero-order chi connectivity index (χ0) is 18.2. The van der Waals surface area contributed by atoms with Crippen molar-refractivity contribution >= 4 is 23.0 Å². The molecule has 0 aliphatic rings. The molecular weight excluding hydrogens is 325 g/mol. The molecule has 0 aromatic carbocycles. The second-order valence-electron chi connectivity index (χ2n) is 6.44. The lowest BCUT2D eigenvalue weighted by atomic mass is 10.1. The van der Waals surface area contributed by atoms with Gasteiger partial charge in [0.15, 0.2) is 5.65 Å². The molecule has 1 amide bonds. The summed E-state index contributed by atoms with van der Waals surface area (Å²) in [6.45, 7) is 4.92. The lowest BCUT2D eigenvalue weighted by Crippen LogP contribution is -2.28. The largest absolute Gasteiger partial charge is 0.390 e. The third kappa shape index (κ3) is 3.80. The first kappa shape index (κ1) is 17.0. The summed E-state index contributed by atoms with van der Waals surface area (Å²) >= 11 is 0. The van der Waals surface area contributed by atoms with Crippen molar-refractivity contribution in [1.29, 1.82) is 0 Å². The monoisotopic (exact) mass is 343 g/mol. The van der Waals surface area contributed by atoms with E-state index >= 15 is 0 Å². The molecule has 0 saturated heterocycles. The number of nitrogens with zero attached hydrogens (tertiary/aromatic N) is 4. The van der Waals surface area contributed by atoms with E-state index in [4.69, 9.17) is 0 Å². The van der Waals surface area contributed by atoms with Crippen molar-refractivity contribution in [3.05, 3.63) is 42.0 Å². The minimum atomic E-state index is -1.15. The van der Waals surface area contributed by atoms with Gasteiger partial charge in [0.2, 0.25) is 11.9 Å². The first-order valence-corrected chi connectivity index (χ1v) is 7.73. The van der Waals surface area contributed by atoms with Crippen LogP contribution in [0, 0.1) is 12.7 Å². The van der Waals surface area contributed by atoms with Crippen molar-refractivity contribution < 1.29 is 14.3 Å². The van der Waals surface area contributed by atoms with Gasteiger partial charge in [-0.2, -0.15) is 0 Å². The second kappa shape index (κ2) is 6.21. The van der Waals surface area contributed by atoms with E-state index in [2.05, 4.69) is 20.3 Å². The number of anilines is 1. The maximum absolute atomic E-state index is 13.2. The summed E-state index contributed by atoms with van der Waals surface area (Å²) < 4.78 is 14.7. The summed E-state index contributed by atoms with van der Waals surface area (Å²) in [4.78, 5) is 25.1. The predicted octanol–water partition coefficient (Wildman–Crippen LogP) is 2.36. The van der Waals surface area contributed by atoms with E-state index < -0.39 is 17.3 Å². The second-order valence-corrected chi connectivity index (χ2v) is 6.44. The number of halogens is 1. The van der Waals surface area contributed by atoms with E-state index in [0.717, 1.165) is 11.9 Å². The minimum absolute atomic E-state index is 0.0977. The molecule has 8 heteroatoms. The normalized spacial score (nSPS) is 11.7. The zero-order valence-electron chi connectivity index (χ0n) is 14.1. The van der Waals surface area contributed by atoms with Gasteiger partial charge in [-0.1, -0.05) is 0 Å². The predicted molar refractivity (Wildman–Crippen MR) is 90.9 cm³/mol. The Bertz CT molecular complexity index is 929. The number of pyridine rings is 2. The SMILES string of the molecule is Cc1ccc2nc(NC(=O)CC(C)(C)O)n(-c3ccc(F)cn3)c2n1. The first-order chi connectivity index (χ1) is 11.7. The smallest absolute Gasteiger partial charge is 0.229 e. The van der Waals surface area contributed by atoms with Crippen molar-refractivity contribution in [2.45, 2.75) is 32.8 Å². The maximum Gasteiger partial charge on any atom is 0.229 e. The first-order valence-electron chi connectivity index (χ1n) is 7.73. The molecule has 0 spiro atoms. The van der Waals surface area contributed by atoms with Gasteiger partial charge >= 0.3 is 0 Å². The van der Waals surface area contributed by atoms with Crippen LogP contribution in [0.4, 0.5) is 10.3 Å². The summed E-state index contributed by atoms with van der Waals surface area (Å²) in [6, 6.07) is 6.34. The number of carbonyl (C=O) groups excluding carboxylic acids is 1. The fraction of sp³-hybridized carbons (Fsp3) is 0.294. The molecule has 130 valence electrons. The number of aromatic nitrogens is 4. The standard InChI is InChI=1S/C17H18FN5O2/c1-10-4-6-12-15(20-10)23(13-7-5-11(18)9-19-13)16(21-12)22-14(24)8-17(2,3)25/h4-7,9,25H,8H2,1-3H3,(H,21,22,24). The Hall–Kier alpha value is -2.87. The highest BCUT2D eigenvalue weighted by molar-refractivity contribution is 5.92. The quantitative estimate of drug-likeness (QED) is 0.758. The van der Waals surface area contributed by atoms with E-state index in [-0.39, 0.29) is 12.4 Å². The minimum Gasteiger partial charge on any atom is -0.390 e. The molecule has 7 nitrogen and oxygen atoms in total. The third-order valence-electron chi connectivity index (χ3n) is 3.43. The van der Waals surface area contributed by atoms with Crippen molar-refractivity contribution in [3.63, 3.8) is 0 Å². The Morgan fingerprint density at radius 1 is 1.28 bits per heavy atom. The molecule has 25 heavy (non-hydrogen) atoms. The number of amides is 1. The molecular formula is C17H18FN5O2. The number of hydrogen-bond acceptors (Lipinski definition) is 5. The van der Waals surface area contributed by atoms with E-state index in [9.17, 15) is 14.3 Å². The van der Waals surface area contributed by atoms with Gasteiger partial charge in [-0.15, -0.1) is 0 Å². The molecule has 3 rings (SSSR count). The zero-order valence-corrected chi connectivity index (χ0v) is 14.1. The van der Waals surface area contributed by atoms with Crippen LogP contribution in [0.2, 0.25) is 0 Å². The fourth-order valence-electron chi connectivity index (χ4n) is 2.41. The molecule has 3 heterocycles. The van der Waals surface area contributed by atoms with Crippen molar-refractivity contribution in [3.8, 4) is 5.82 Å². The van der Waals surface area contributed by atoms with Gasteiger partial charge < -0.3 is 5.11 Å². The number of nitrogens with one attached hydrogen (secondary N) is 1. The van der Waals surface area contributed by atoms with Crippen molar-refractivity contribution in [1.82, 2.24) is 19.5 Å². The van der Waals surface area contributed by atoms with E-state index in [1.807, 2.05) is 6.92 Å². The van der Waals surface area contributed by atoms with E-state index in [1.54, 1.807) is 30.5 Å². The highest BCUT2D eigenvalue weighted by Crippen LogP contribution is 2.23. The Kier molecular flexibility index (Phi) is 4.22. The highest BCUT2D eigenvalue weighted by Gasteiger charge is 2.21. The van der Waals surface area contributed by atoms with Gasteiger partial charge in [0.05, 0.1) is 18.2 Å². The number of aliphatic hydroxyl groups is 1. The maximum atomic E-state index is 13.2. The van der Waals surface area contributed by atoms with E-state index in [1.165, 1.54) is 12.1 Å². The van der Waals surface area contributed by atoms with Crippen LogP contribution in [0.3, 0.4) is 0 Å². The fourth-order valence-corrected chi connectivity index (χ4v) is 2.41. The van der Waals surface area contributed by atoms with E-state index in [0.29, 0.717) is 17.0 Å². The lowest BCUT2D eigenvalue weighted by Gasteiger charge is -2.16. The van der Waals surface area contributed by atoms with Crippen LogP contribution in [-0.4, -0.2) is 36.1 Å². The highest BCUT2D eigenvalue weighted by atomic mass is 19.1. The van der Waals surface area contributed by atoms with Crippen LogP contribution < -0.4 is 5.32 Å². The number of aryl methyl sites for hydroxylation is 1. The molecule has 0 aliphatic carbocycles. The van der Waals surface area contributed by atoms with Gasteiger partial charge in [-0.3, -0.25) is 10.1 Å². The Labute approximate surface area is 143 Å². The number of carbonyl (C=O) groups is 1. The van der Waals surface area contributed by atoms with Crippen LogP contribution in [0.1, 0.15) is 26.0 Å². The van der Waals surface area contributed by atoms with Gasteiger partial charge in [0, 0.05) is 5.69 Å². The van der Waals surface area contributed by atoms with Gasteiger partial charge in [0.1, 0.15) is 17.2 Å². The molecule has 0 saturated carbocycles. The van der Waals surface area contributed by atoms with Crippen LogP contribution >= 0.6 is 0 Å². The van der Waals surface area contributed by atoms with Crippen LogP contribution in [-0.2, 0) is 4.79 Å². The average molecular weight is 343 g/mol. The topological polar surface area (TPSA) is 92.9 Å². The molecule has 2 N–H and O–H groups in total. The number of imidazole rings is 1. The number of hydrogen-bond donors (Lipinski definition) is 2. The third-order valence-corrected chi connectivity index (χ3v) is 3.43. The van der Waals surface area contributed by atoms with Crippen LogP contribution in [0.25, 0.3) is 17.0 Å². The van der Waals surface area contributed by atoms with Crippen LogP contribution in [0.5, 0.6) is 0 Å². The van der Waals surface area contributed by atoms with Crippen LogP contribution in [0.15, 0.2) is 30.5 Å².